The van der Waals surface area contributed by atoms with Crippen LogP contribution < -0.4 is 10.0 Å². The standard InChI is InChI=1S/C15H25N3O4S2/c1-3-18(4-2)24(21,22)15-7-5-6-14(12-15)23(19,20)17-13-8-10-16-11-9-13/h5-7,12-13,16-17H,3-4,8-11H2,1-2H3. The van der Waals surface area contributed by atoms with E-state index in [2.05, 4.69) is 10.0 Å². The summed E-state index contributed by atoms with van der Waals surface area (Å²) in [6, 6.07) is 5.42. The molecule has 0 atom stereocenters. The SMILES string of the molecule is CCN(CC)S(=O)(=O)c1cccc(S(=O)(=O)NC2CCNCC2)c1. The van der Waals surface area contributed by atoms with Crippen LogP contribution in [0.3, 0.4) is 0 Å². The van der Waals surface area contributed by atoms with Gasteiger partial charge in [-0.2, -0.15) is 4.31 Å². The average molecular weight is 376 g/mol. The van der Waals surface area contributed by atoms with Crippen LogP contribution in [-0.2, 0) is 20.0 Å². The van der Waals surface area contributed by atoms with Gasteiger partial charge in [0.2, 0.25) is 20.0 Å². The summed E-state index contributed by atoms with van der Waals surface area (Å²) in [6.45, 7) is 5.71. The van der Waals surface area contributed by atoms with Gasteiger partial charge in [-0.3, -0.25) is 0 Å². The van der Waals surface area contributed by atoms with E-state index in [-0.39, 0.29) is 15.8 Å². The Morgan fingerprint density at radius 2 is 1.67 bits per heavy atom. The molecule has 9 heteroatoms. The number of benzene rings is 1. The highest BCUT2D eigenvalue weighted by molar-refractivity contribution is 7.90. The van der Waals surface area contributed by atoms with Crippen LogP contribution >= 0.6 is 0 Å². The van der Waals surface area contributed by atoms with Gasteiger partial charge in [-0.25, -0.2) is 21.6 Å². The minimum absolute atomic E-state index is 0.000569. The summed E-state index contributed by atoms with van der Waals surface area (Å²) in [4.78, 5) is -0.0198. The third-order valence-electron chi connectivity index (χ3n) is 4.12. The van der Waals surface area contributed by atoms with E-state index in [4.69, 9.17) is 0 Å². The number of rotatable bonds is 7. The Kier molecular flexibility index (Phi) is 6.38. The van der Waals surface area contributed by atoms with Gasteiger partial charge in [0, 0.05) is 19.1 Å². The van der Waals surface area contributed by atoms with E-state index in [0.717, 1.165) is 25.9 Å². The molecule has 0 unspecified atom stereocenters. The van der Waals surface area contributed by atoms with Crippen LogP contribution in [0.4, 0.5) is 0 Å². The van der Waals surface area contributed by atoms with Crippen molar-refractivity contribution in [3.05, 3.63) is 24.3 Å². The largest absolute Gasteiger partial charge is 0.317 e. The molecule has 7 nitrogen and oxygen atoms in total. The second-order valence-electron chi connectivity index (χ2n) is 5.71. The molecule has 0 spiro atoms. The number of nitrogens with zero attached hydrogens (tertiary/aromatic N) is 1. The number of hydrogen-bond acceptors (Lipinski definition) is 5. The van der Waals surface area contributed by atoms with Crippen LogP contribution in [0.15, 0.2) is 34.1 Å². The van der Waals surface area contributed by atoms with Gasteiger partial charge in [-0.1, -0.05) is 19.9 Å². The summed E-state index contributed by atoms with van der Waals surface area (Å²) in [6.07, 6.45) is 1.44. The number of nitrogens with one attached hydrogen (secondary N) is 2. The first-order valence-electron chi connectivity index (χ1n) is 8.14. The first-order valence-corrected chi connectivity index (χ1v) is 11.1. The van der Waals surface area contributed by atoms with Gasteiger partial charge in [0.25, 0.3) is 0 Å². The Bertz CT molecular complexity index is 753. The molecule has 2 rings (SSSR count). The Balaban J connectivity index is 2.29. The first kappa shape index (κ1) is 19.3. The van der Waals surface area contributed by atoms with Crippen LogP contribution in [-0.4, -0.2) is 53.4 Å². The molecule has 1 fully saturated rings. The predicted octanol–water partition coefficient (Wildman–Crippen LogP) is 0.747. The van der Waals surface area contributed by atoms with Crippen molar-refractivity contribution < 1.29 is 16.8 Å². The monoisotopic (exact) mass is 375 g/mol. The average Bonchev–Trinajstić information content (AvgIpc) is 2.56. The Morgan fingerprint density at radius 1 is 1.08 bits per heavy atom. The summed E-state index contributed by atoms with van der Waals surface area (Å²) in [5.41, 5.74) is 0. The van der Waals surface area contributed by atoms with E-state index in [1.165, 1.54) is 28.6 Å². The van der Waals surface area contributed by atoms with Crippen LogP contribution in [0.1, 0.15) is 26.7 Å². The van der Waals surface area contributed by atoms with Gasteiger partial charge in [-0.05, 0) is 44.1 Å². The minimum atomic E-state index is -3.74. The zero-order chi connectivity index (χ0) is 17.8. The van der Waals surface area contributed by atoms with Crippen molar-refractivity contribution in [2.45, 2.75) is 42.5 Å². The Labute approximate surface area is 144 Å². The normalized spacial score (nSPS) is 17.3. The molecule has 0 saturated carbocycles. The predicted molar refractivity (Wildman–Crippen MR) is 92.8 cm³/mol. The van der Waals surface area contributed by atoms with Crippen molar-refractivity contribution in [2.24, 2.45) is 0 Å². The van der Waals surface area contributed by atoms with Gasteiger partial charge in [0.05, 0.1) is 9.79 Å². The summed E-state index contributed by atoms with van der Waals surface area (Å²) < 4.78 is 54.2. The molecule has 0 amide bonds. The molecule has 1 aromatic carbocycles. The number of sulfonamides is 2. The quantitative estimate of drug-likeness (QED) is 0.733. The van der Waals surface area contributed by atoms with Gasteiger partial charge in [-0.15, -0.1) is 0 Å². The van der Waals surface area contributed by atoms with Crippen LogP contribution in [0.25, 0.3) is 0 Å². The van der Waals surface area contributed by atoms with Gasteiger partial charge in [0.15, 0.2) is 0 Å². The fourth-order valence-electron chi connectivity index (χ4n) is 2.74. The summed E-state index contributed by atoms with van der Waals surface area (Å²) in [5, 5.41) is 3.17. The molecule has 136 valence electrons. The molecule has 0 aliphatic carbocycles. The van der Waals surface area contributed by atoms with Crippen LogP contribution in [0, 0.1) is 0 Å². The number of hydrogen-bond donors (Lipinski definition) is 2. The van der Waals surface area contributed by atoms with Crippen molar-refractivity contribution >= 4 is 20.0 Å². The third-order valence-corrected chi connectivity index (χ3v) is 7.68. The maximum atomic E-state index is 12.6. The van der Waals surface area contributed by atoms with E-state index in [1.54, 1.807) is 13.8 Å². The molecular weight excluding hydrogens is 350 g/mol. The lowest BCUT2D eigenvalue weighted by Crippen LogP contribution is -2.42. The smallest absolute Gasteiger partial charge is 0.243 e. The third kappa shape index (κ3) is 4.34. The molecule has 1 heterocycles. The van der Waals surface area contributed by atoms with E-state index < -0.39 is 20.0 Å². The van der Waals surface area contributed by atoms with Crippen molar-refractivity contribution in [3.63, 3.8) is 0 Å². The molecule has 1 aliphatic rings. The molecule has 0 bridgehead atoms. The van der Waals surface area contributed by atoms with Crippen molar-refractivity contribution in [1.29, 1.82) is 0 Å². The van der Waals surface area contributed by atoms with Gasteiger partial charge < -0.3 is 5.32 Å². The molecule has 0 aromatic heterocycles. The highest BCUT2D eigenvalue weighted by Gasteiger charge is 2.26. The van der Waals surface area contributed by atoms with Gasteiger partial charge in [0.1, 0.15) is 0 Å². The summed E-state index contributed by atoms with van der Waals surface area (Å²) in [5.74, 6) is 0. The minimum Gasteiger partial charge on any atom is -0.317 e. The van der Waals surface area contributed by atoms with Crippen LogP contribution in [0.5, 0.6) is 0 Å². The fraction of sp³-hybridized carbons (Fsp3) is 0.600. The van der Waals surface area contributed by atoms with E-state index in [1.807, 2.05) is 0 Å². The zero-order valence-electron chi connectivity index (χ0n) is 14.0. The van der Waals surface area contributed by atoms with Gasteiger partial charge >= 0.3 is 0 Å². The molecule has 2 N–H and O–H groups in total. The molecule has 0 radical (unpaired) electrons. The van der Waals surface area contributed by atoms with Crippen LogP contribution in [0.2, 0.25) is 0 Å². The first-order chi connectivity index (χ1) is 11.3. The lowest BCUT2D eigenvalue weighted by atomic mass is 10.1. The molecular formula is C15H25N3O4S2. The lowest BCUT2D eigenvalue weighted by molar-refractivity contribution is 0.427. The Morgan fingerprint density at radius 3 is 2.25 bits per heavy atom. The topological polar surface area (TPSA) is 95.6 Å². The molecule has 24 heavy (non-hydrogen) atoms. The fourth-order valence-corrected chi connectivity index (χ4v) is 5.67. The van der Waals surface area contributed by atoms with E-state index in [9.17, 15) is 16.8 Å². The second kappa shape index (κ2) is 7.92. The highest BCUT2D eigenvalue weighted by Crippen LogP contribution is 2.20. The van der Waals surface area contributed by atoms with E-state index >= 15 is 0 Å². The molecule has 1 saturated heterocycles. The lowest BCUT2D eigenvalue weighted by Gasteiger charge is -2.23. The van der Waals surface area contributed by atoms with Crippen molar-refractivity contribution in [3.8, 4) is 0 Å². The second-order valence-corrected chi connectivity index (χ2v) is 9.36. The number of piperidine rings is 1. The highest BCUT2D eigenvalue weighted by atomic mass is 32.2. The van der Waals surface area contributed by atoms with E-state index in [0.29, 0.717) is 13.1 Å². The molecule has 1 aromatic rings. The molecule has 1 aliphatic heterocycles. The maximum Gasteiger partial charge on any atom is 0.243 e. The van der Waals surface area contributed by atoms with Crippen molar-refractivity contribution in [1.82, 2.24) is 14.3 Å². The summed E-state index contributed by atoms with van der Waals surface area (Å²) >= 11 is 0. The summed E-state index contributed by atoms with van der Waals surface area (Å²) in [7, 11) is -7.43. The zero-order valence-corrected chi connectivity index (χ0v) is 15.7. The Hall–Kier alpha value is -1.00. The maximum absolute atomic E-state index is 12.6. The van der Waals surface area contributed by atoms with Crippen molar-refractivity contribution in [2.75, 3.05) is 26.2 Å².